The van der Waals surface area contributed by atoms with Gasteiger partial charge in [0, 0.05) is 17.3 Å². The van der Waals surface area contributed by atoms with Crippen LogP contribution in [-0.2, 0) is 6.42 Å². The summed E-state index contributed by atoms with van der Waals surface area (Å²) in [5.74, 6) is 0.924. The second-order valence-electron chi connectivity index (χ2n) is 4.90. The molecule has 0 spiro atoms. The lowest BCUT2D eigenvalue weighted by Gasteiger charge is -2.29. The third-order valence-corrected chi connectivity index (χ3v) is 4.77. The Morgan fingerprint density at radius 3 is 2.88 bits per heavy atom. The van der Waals surface area contributed by atoms with Gasteiger partial charge >= 0.3 is 0 Å². The van der Waals surface area contributed by atoms with Crippen LogP contribution in [-0.4, -0.2) is 17.6 Å². The highest BCUT2D eigenvalue weighted by Gasteiger charge is 2.21. The molecule has 2 rings (SSSR count). The number of rotatable bonds is 3. The third kappa shape index (κ3) is 2.83. The molecule has 2 unspecified atom stereocenters. The summed E-state index contributed by atoms with van der Waals surface area (Å²) < 4.78 is 0. The van der Waals surface area contributed by atoms with E-state index in [1.165, 1.54) is 41.4 Å². The van der Waals surface area contributed by atoms with E-state index in [1.54, 1.807) is 0 Å². The lowest BCUT2D eigenvalue weighted by Crippen LogP contribution is -2.39. The van der Waals surface area contributed by atoms with Crippen LogP contribution in [0.3, 0.4) is 0 Å². The van der Waals surface area contributed by atoms with Gasteiger partial charge in [0.05, 0.1) is 10.7 Å². The SMILES string of the molecule is CCC1CCNC(Cc2nc(C)c(C)s2)C1. The van der Waals surface area contributed by atoms with Crippen LogP contribution < -0.4 is 5.32 Å². The summed E-state index contributed by atoms with van der Waals surface area (Å²) in [6.45, 7) is 7.77. The Kier molecular flexibility index (Phi) is 3.98. The van der Waals surface area contributed by atoms with E-state index in [-0.39, 0.29) is 0 Å². The van der Waals surface area contributed by atoms with Crippen LogP contribution in [0.1, 0.15) is 41.8 Å². The number of nitrogens with zero attached hydrogens (tertiary/aromatic N) is 1. The van der Waals surface area contributed by atoms with E-state index in [0.29, 0.717) is 6.04 Å². The summed E-state index contributed by atoms with van der Waals surface area (Å²) in [5, 5.41) is 4.94. The number of hydrogen-bond donors (Lipinski definition) is 1. The monoisotopic (exact) mass is 238 g/mol. The second kappa shape index (κ2) is 5.28. The maximum atomic E-state index is 4.63. The Hall–Kier alpha value is -0.410. The van der Waals surface area contributed by atoms with Gasteiger partial charge in [0.15, 0.2) is 0 Å². The molecule has 1 aliphatic heterocycles. The van der Waals surface area contributed by atoms with Crippen molar-refractivity contribution in [1.29, 1.82) is 0 Å². The minimum atomic E-state index is 0.656. The molecule has 3 heteroatoms. The highest BCUT2D eigenvalue weighted by molar-refractivity contribution is 7.11. The number of aromatic nitrogens is 1. The van der Waals surface area contributed by atoms with Gasteiger partial charge in [0.1, 0.15) is 0 Å². The normalized spacial score (nSPS) is 25.9. The first-order valence-corrected chi connectivity index (χ1v) is 7.17. The summed E-state index contributed by atoms with van der Waals surface area (Å²) in [4.78, 5) is 6.01. The van der Waals surface area contributed by atoms with Gasteiger partial charge in [-0.3, -0.25) is 0 Å². The highest BCUT2D eigenvalue weighted by atomic mass is 32.1. The zero-order valence-electron chi connectivity index (χ0n) is 10.5. The van der Waals surface area contributed by atoms with Crippen LogP contribution in [0, 0.1) is 19.8 Å². The van der Waals surface area contributed by atoms with E-state index >= 15 is 0 Å². The number of nitrogens with one attached hydrogen (secondary N) is 1. The smallest absolute Gasteiger partial charge is 0.0946 e. The largest absolute Gasteiger partial charge is 0.314 e. The summed E-state index contributed by atoms with van der Waals surface area (Å²) in [7, 11) is 0. The molecule has 2 atom stereocenters. The van der Waals surface area contributed by atoms with Crippen LogP contribution >= 0.6 is 11.3 Å². The van der Waals surface area contributed by atoms with Crippen LogP contribution in [0.25, 0.3) is 0 Å². The fraction of sp³-hybridized carbons (Fsp3) is 0.769. The zero-order valence-corrected chi connectivity index (χ0v) is 11.4. The van der Waals surface area contributed by atoms with Crippen molar-refractivity contribution in [3.8, 4) is 0 Å². The maximum Gasteiger partial charge on any atom is 0.0946 e. The first kappa shape index (κ1) is 12.1. The molecule has 2 heterocycles. The van der Waals surface area contributed by atoms with Crippen LogP contribution in [0.15, 0.2) is 0 Å². The highest BCUT2D eigenvalue weighted by Crippen LogP contribution is 2.24. The maximum absolute atomic E-state index is 4.63. The van der Waals surface area contributed by atoms with E-state index in [9.17, 15) is 0 Å². The quantitative estimate of drug-likeness (QED) is 0.875. The molecular formula is C13H22N2S. The van der Waals surface area contributed by atoms with E-state index in [2.05, 4.69) is 31.1 Å². The van der Waals surface area contributed by atoms with Crippen molar-refractivity contribution in [2.24, 2.45) is 5.92 Å². The van der Waals surface area contributed by atoms with Crippen molar-refractivity contribution in [3.05, 3.63) is 15.6 Å². The van der Waals surface area contributed by atoms with Gasteiger partial charge < -0.3 is 5.32 Å². The predicted molar refractivity (Wildman–Crippen MR) is 70.1 cm³/mol. The van der Waals surface area contributed by atoms with Crippen molar-refractivity contribution >= 4 is 11.3 Å². The zero-order chi connectivity index (χ0) is 11.5. The Balaban J connectivity index is 1.93. The second-order valence-corrected chi connectivity index (χ2v) is 6.19. The molecular weight excluding hydrogens is 216 g/mol. The van der Waals surface area contributed by atoms with Crippen LogP contribution in [0.5, 0.6) is 0 Å². The summed E-state index contributed by atoms with van der Waals surface area (Å²) in [6.07, 6.45) is 5.13. The molecule has 0 amide bonds. The average molecular weight is 238 g/mol. The molecule has 1 aromatic rings. The third-order valence-electron chi connectivity index (χ3n) is 3.67. The topological polar surface area (TPSA) is 24.9 Å². The minimum Gasteiger partial charge on any atom is -0.314 e. The van der Waals surface area contributed by atoms with E-state index < -0.39 is 0 Å². The summed E-state index contributed by atoms with van der Waals surface area (Å²) >= 11 is 1.87. The first-order valence-electron chi connectivity index (χ1n) is 6.35. The van der Waals surface area contributed by atoms with Crippen LogP contribution in [0.2, 0.25) is 0 Å². The molecule has 1 aromatic heterocycles. The molecule has 90 valence electrons. The Bertz CT molecular complexity index is 326. The Morgan fingerprint density at radius 1 is 1.44 bits per heavy atom. The molecule has 0 radical (unpaired) electrons. The van der Waals surface area contributed by atoms with Crippen molar-refractivity contribution in [1.82, 2.24) is 10.3 Å². The van der Waals surface area contributed by atoms with Gasteiger partial charge in [0.2, 0.25) is 0 Å². The molecule has 0 aliphatic carbocycles. The number of thiazole rings is 1. The Labute approximate surface area is 102 Å². The predicted octanol–water partition coefficient (Wildman–Crippen LogP) is 3.08. The molecule has 16 heavy (non-hydrogen) atoms. The lowest BCUT2D eigenvalue weighted by molar-refractivity contribution is 0.294. The molecule has 0 bridgehead atoms. The average Bonchev–Trinajstić information content (AvgIpc) is 2.58. The lowest BCUT2D eigenvalue weighted by atomic mass is 9.89. The van der Waals surface area contributed by atoms with Crippen molar-refractivity contribution in [2.45, 2.75) is 52.5 Å². The summed E-state index contributed by atoms with van der Waals surface area (Å²) in [6, 6.07) is 0.656. The van der Waals surface area contributed by atoms with E-state index in [1.807, 2.05) is 11.3 Å². The van der Waals surface area contributed by atoms with Crippen molar-refractivity contribution < 1.29 is 0 Å². The van der Waals surface area contributed by atoms with Gasteiger partial charge in [0.25, 0.3) is 0 Å². The molecule has 1 N–H and O–H groups in total. The molecule has 1 fully saturated rings. The van der Waals surface area contributed by atoms with Crippen molar-refractivity contribution in [3.63, 3.8) is 0 Å². The number of hydrogen-bond acceptors (Lipinski definition) is 3. The fourth-order valence-corrected chi connectivity index (χ4v) is 3.47. The number of aryl methyl sites for hydroxylation is 2. The van der Waals surface area contributed by atoms with Gasteiger partial charge in [-0.2, -0.15) is 0 Å². The van der Waals surface area contributed by atoms with Gasteiger partial charge in [-0.05, 0) is 39.2 Å². The Morgan fingerprint density at radius 2 is 2.25 bits per heavy atom. The summed E-state index contributed by atoms with van der Waals surface area (Å²) in [5.41, 5.74) is 1.21. The van der Waals surface area contributed by atoms with Gasteiger partial charge in [-0.1, -0.05) is 13.3 Å². The van der Waals surface area contributed by atoms with E-state index in [4.69, 9.17) is 0 Å². The molecule has 2 nitrogen and oxygen atoms in total. The van der Waals surface area contributed by atoms with Gasteiger partial charge in [-0.25, -0.2) is 4.98 Å². The molecule has 0 aromatic carbocycles. The molecule has 1 aliphatic rings. The molecule has 0 saturated carbocycles. The van der Waals surface area contributed by atoms with Crippen molar-refractivity contribution in [2.75, 3.05) is 6.54 Å². The van der Waals surface area contributed by atoms with Gasteiger partial charge in [-0.15, -0.1) is 11.3 Å². The molecule has 1 saturated heterocycles. The standard InChI is InChI=1S/C13H22N2S/c1-4-11-5-6-14-12(7-11)8-13-15-9(2)10(3)16-13/h11-12,14H,4-8H2,1-3H3. The minimum absolute atomic E-state index is 0.656. The fourth-order valence-electron chi connectivity index (χ4n) is 2.46. The van der Waals surface area contributed by atoms with Crippen LogP contribution in [0.4, 0.5) is 0 Å². The van der Waals surface area contributed by atoms with E-state index in [0.717, 1.165) is 12.3 Å². The first-order chi connectivity index (χ1) is 7.69. The number of piperidine rings is 1.